The van der Waals surface area contributed by atoms with Crippen LogP contribution in [0.5, 0.6) is 0 Å². The van der Waals surface area contributed by atoms with Crippen LogP contribution in [-0.4, -0.2) is 34.4 Å². The van der Waals surface area contributed by atoms with Crippen LogP contribution in [0.15, 0.2) is 30.3 Å². The van der Waals surface area contributed by atoms with Crippen LogP contribution in [-0.2, 0) is 6.54 Å². The lowest BCUT2D eigenvalue weighted by Gasteiger charge is -2.43. The average molecular weight is 221 g/mol. The zero-order valence-electron chi connectivity index (χ0n) is 9.19. The van der Waals surface area contributed by atoms with Gasteiger partial charge in [-0.2, -0.15) is 0 Å². The van der Waals surface area contributed by atoms with Crippen molar-refractivity contribution >= 4 is 0 Å². The second-order valence-electron chi connectivity index (χ2n) is 5.23. The lowest BCUT2D eigenvalue weighted by atomic mass is 9.71. The molecule has 2 nitrogen and oxygen atoms in total. The molecule has 86 valence electrons. The molecule has 3 aliphatic rings. The highest BCUT2D eigenvalue weighted by atomic mass is 19.1. The van der Waals surface area contributed by atoms with E-state index in [1.165, 1.54) is 5.56 Å². The predicted octanol–water partition coefficient (Wildman–Crippen LogP) is 1.74. The van der Waals surface area contributed by atoms with Gasteiger partial charge in [-0.15, -0.1) is 0 Å². The number of benzene rings is 1. The standard InChI is InChI=1S/C13H16FNO/c14-12-7-13(8-12,10-16)15(9-12)6-11-4-2-1-3-5-11/h1-5,16H,6-10H2. The third kappa shape index (κ3) is 1.39. The highest BCUT2D eigenvalue weighted by Crippen LogP contribution is 2.55. The van der Waals surface area contributed by atoms with E-state index in [4.69, 9.17) is 0 Å². The van der Waals surface area contributed by atoms with Crippen LogP contribution in [0.2, 0.25) is 0 Å². The Bertz CT molecular complexity index is 386. The minimum Gasteiger partial charge on any atom is -0.394 e. The highest BCUT2D eigenvalue weighted by Gasteiger charge is 2.65. The molecule has 0 spiro atoms. The maximum absolute atomic E-state index is 13.9. The smallest absolute Gasteiger partial charge is 0.127 e. The van der Waals surface area contributed by atoms with Crippen molar-refractivity contribution in [2.75, 3.05) is 13.2 Å². The van der Waals surface area contributed by atoms with Gasteiger partial charge in [0.2, 0.25) is 0 Å². The molecule has 1 N–H and O–H groups in total. The van der Waals surface area contributed by atoms with Crippen molar-refractivity contribution in [1.29, 1.82) is 0 Å². The summed E-state index contributed by atoms with van der Waals surface area (Å²) in [5.74, 6) is 0. The number of aliphatic hydroxyl groups is 1. The molecule has 16 heavy (non-hydrogen) atoms. The monoisotopic (exact) mass is 221 g/mol. The molecule has 3 heteroatoms. The van der Waals surface area contributed by atoms with E-state index >= 15 is 0 Å². The molecule has 4 rings (SSSR count). The van der Waals surface area contributed by atoms with E-state index < -0.39 is 5.67 Å². The number of hydrogen-bond acceptors (Lipinski definition) is 2. The number of halogens is 1. The van der Waals surface area contributed by atoms with E-state index in [2.05, 4.69) is 4.90 Å². The minimum absolute atomic E-state index is 0.0749. The van der Waals surface area contributed by atoms with Crippen LogP contribution in [0.3, 0.4) is 0 Å². The summed E-state index contributed by atoms with van der Waals surface area (Å²) in [4.78, 5) is 2.10. The number of fused-ring (bicyclic) bond motifs is 1. The average Bonchev–Trinajstić information content (AvgIpc) is 2.67. The summed E-state index contributed by atoms with van der Waals surface area (Å²) in [5.41, 5.74) is -0.117. The molecule has 1 aromatic rings. The van der Waals surface area contributed by atoms with Gasteiger partial charge in [-0.25, -0.2) is 4.39 Å². The molecule has 2 heterocycles. The van der Waals surface area contributed by atoms with E-state index in [1.807, 2.05) is 30.3 Å². The van der Waals surface area contributed by atoms with Crippen molar-refractivity contribution in [3.8, 4) is 0 Å². The van der Waals surface area contributed by atoms with E-state index in [0.29, 0.717) is 19.4 Å². The summed E-state index contributed by atoms with van der Waals surface area (Å²) in [5, 5.41) is 9.42. The molecule has 0 unspecified atom stereocenters. The first kappa shape index (κ1) is 10.2. The van der Waals surface area contributed by atoms with Crippen molar-refractivity contribution in [3.63, 3.8) is 0 Å². The summed E-state index contributed by atoms with van der Waals surface area (Å²) in [6.07, 6.45) is 1.01. The van der Waals surface area contributed by atoms with Gasteiger partial charge >= 0.3 is 0 Å². The van der Waals surface area contributed by atoms with Gasteiger partial charge < -0.3 is 5.11 Å². The molecule has 0 aromatic heterocycles. The van der Waals surface area contributed by atoms with Gasteiger partial charge in [-0.1, -0.05) is 30.3 Å². The summed E-state index contributed by atoms with van der Waals surface area (Å²) >= 11 is 0. The maximum atomic E-state index is 13.9. The lowest BCUT2D eigenvalue weighted by molar-refractivity contribution is -0.0126. The SMILES string of the molecule is OCC12CC(F)(CN1Cc1ccccc1)C2. The van der Waals surface area contributed by atoms with Gasteiger partial charge in [0.25, 0.3) is 0 Å². The Morgan fingerprint density at radius 3 is 2.56 bits per heavy atom. The molecule has 2 saturated heterocycles. The summed E-state index contributed by atoms with van der Waals surface area (Å²) in [6, 6.07) is 10.1. The minimum atomic E-state index is -1.03. The van der Waals surface area contributed by atoms with E-state index in [1.54, 1.807) is 0 Å². The van der Waals surface area contributed by atoms with Gasteiger partial charge in [-0.3, -0.25) is 4.90 Å². The van der Waals surface area contributed by atoms with Gasteiger partial charge in [0.15, 0.2) is 0 Å². The molecule has 2 bridgehead atoms. The Labute approximate surface area is 94.7 Å². The number of nitrogens with zero attached hydrogens (tertiary/aromatic N) is 1. The van der Waals surface area contributed by atoms with Crippen LogP contribution in [0.4, 0.5) is 4.39 Å². The zero-order valence-corrected chi connectivity index (χ0v) is 9.19. The topological polar surface area (TPSA) is 23.5 Å². The molecular formula is C13H16FNO. The molecule has 1 aromatic carbocycles. The first-order valence-electron chi connectivity index (χ1n) is 5.75. The Balaban J connectivity index is 1.77. The molecule has 0 amide bonds. The molecular weight excluding hydrogens is 205 g/mol. The van der Waals surface area contributed by atoms with Crippen LogP contribution >= 0.6 is 0 Å². The van der Waals surface area contributed by atoms with Crippen molar-refractivity contribution < 1.29 is 9.50 Å². The fourth-order valence-corrected chi connectivity index (χ4v) is 3.21. The zero-order chi connectivity index (χ0) is 11.2. The summed E-state index contributed by atoms with van der Waals surface area (Å²) < 4.78 is 13.9. The quantitative estimate of drug-likeness (QED) is 0.840. The second kappa shape index (κ2) is 3.28. The molecule has 1 saturated carbocycles. The number of alkyl halides is 1. The van der Waals surface area contributed by atoms with Crippen molar-refractivity contribution in [2.45, 2.75) is 30.6 Å². The fraction of sp³-hybridized carbons (Fsp3) is 0.538. The van der Waals surface area contributed by atoms with Crippen molar-refractivity contribution in [1.82, 2.24) is 4.90 Å². The number of rotatable bonds is 3. The fourth-order valence-electron chi connectivity index (χ4n) is 3.21. The summed E-state index contributed by atoms with van der Waals surface area (Å²) in [7, 11) is 0. The lowest BCUT2D eigenvalue weighted by Crippen LogP contribution is -2.53. The molecule has 0 atom stereocenters. The molecule has 3 fully saturated rings. The molecule has 1 aliphatic carbocycles. The summed E-state index contributed by atoms with van der Waals surface area (Å²) in [6.45, 7) is 1.29. The molecule has 2 aliphatic heterocycles. The first-order chi connectivity index (χ1) is 7.66. The van der Waals surface area contributed by atoms with E-state index in [-0.39, 0.29) is 12.1 Å². The Hall–Kier alpha value is -0.930. The largest absolute Gasteiger partial charge is 0.394 e. The third-order valence-corrected chi connectivity index (χ3v) is 3.95. The van der Waals surface area contributed by atoms with E-state index in [9.17, 15) is 9.50 Å². The predicted molar refractivity (Wildman–Crippen MR) is 59.7 cm³/mol. The van der Waals surface area contributed by atoms with Gasteiger partial charge in [0.05, 0.1) is 12.1 Å². The first-order valence-corrected chi connectivity index (χ1v) is 5.75. The Kier molecular flexibility index (Phi) is 2.10. The van der Waals surface area contributed by atoms with Crippen LogP contribution < -0.4 is 0 Å². The molecule has 0 radical (unpaired) electrons. The van der Waals surface area contributed by atoms with Crippen molar-refractivity contribution in [2.24, 2.45) is 0 Å². The Morgan fingerprint density at radius 2 is 1.94 bits per heavy atom. The van der Waals surface area contributed by atoms with Gasteiger partial charge in [0, 0.05) is 25.9 Å². The second-order valence-corrected chi connectivity index (χ2v) is 5.23. The van der Waals surface area contributed by atoms with Crippen LogP contribution in [0.25, 0.3) is 0 Å². The van der Waals surface area contributed by atoms with Gasteiger partial charge in [0.1, 0.15) is 5.67 Å². The van der Waals surface area contributed by atoms with E-state index in [0.717, 1.165) is 6.54 Å². The third-order valence-electron chi connectivity index (χ3n) is 3.95. The highest BCUT2D eigenvalue weighted by molar-refractivity contribution is 5.23. The van der Waals surface area contributed by atoms with Gasteiger partial charge in [-0.05, 0) is 5.56 Å². The number of aliphatic hydroxyl groups excluding tert-OH is 1. The number of hydrogen-bond donors (Lipinski definition) is 1. The van der Waals surface area contributed by atoms with Crippen molar-refractivity contribution in [3.05, 3.63) is 35.9 Å². The maximum Gasteiger partial charge on any atom is 0.127 e. The normalized spacial score (nSPS) is 37.4. The Morgan fingerprint density at radius 1 is 1.25 bits per heavy atom. The van der Waals surface area contributed by atoms with Crippen LogP contribution in [0, 0.1) is 0 Å². The van der Waals surface area contributed by atoms with Crippen LogP contribution in [0.1, 0.15) is 18.4 Å².